The van der Waals surface area contributed by atoms with Crippen molar-refractivity contribution in [2.24, 2.45) is 0 Å². The summed E-state index contributed by atoms with van der Waals surface area (Å²) < 4.78 is 45.6. The highest BCUT2D eigenvalue weighted by Gasteiger charge is 2.51. The van der Waals surface area contributed by atoms with Crippen molar-refractivity contribution in [2.45, 2.75) is 44.1 Å². The molecule has 0 radical (unpaired) electrons. The number of nitrogens with zero attached hydrogens (tertiary/aromatic N) is 4. The summed E-state index contributed by atoms with van der Waals surface area (Å²) in [5.74, 6) is -1.54. The molecule has 1 aliphatic rings. The number of halogens is 3. The molecular weight excluding hydrogens is 481 g/mol. The molecule has 10 nitrogen and oxygen atoms in total. The molecule has 2 heterocycles. The Morgan fingerprint density at radius 1 is 1.14 bits per heavy atom. The molecule has 0 aliphatic heterocycles. The van der Waals surface area contributed by atoms with E-state index in [4.69, 9.17) is 4.74 Å². The summed E-state index contributed by atoms with van der Waals surface area (Å²) in [6, 6.07) is 3.24. The summed E-state index contributed by atoms with van der Waals surface area (Å²) in [6.07, 6.45) is 1.50. The molecule has 0 spiro atoms. The molecule has 2 amide bonds. The van der Waals surface area contributed by atoms with Crippen LogP contribution >= 0.6 is 0 Å². The number of aliphatic hydroxyl groups excluding tert-OH is 1. The van der Waals surface area contributed by atoms with Gasteiger partial charge in [0.05, 0.1) is 41.9 Å². The molecule has 3 N–H and O–H groups in total. The van der Waals surface area contributed by atoms with Crippen LogP contribution in [0.25, 0.3) is 0 Å². The van der Waals surface area contributed by atoms with Gasteiger partial charge in [-0.1, -0.05) is 6.07 Å². The number of ether oxygens (including phenoxy) is 1. The lowest BCUT2D eigenvalue weighted by Gasteiger charge is -2.17. The number of carbonyl (C=O) groups is 2. The maximum absolute atomic E-state index is 13.4. The van der Waals surface area contributed by atoms with Gasteiger partial charge in [0.2, 0.25) is 11.8 Å². The molecular formula is C23H21F3N6O4. The molecule has 13 heteroatoms. The maximum atomic E-state index is 13.4. The number of hydrogen-bond donors (Lipinski definition) is 3. The molecule has 3 aromatic rings. The quantitative estimate of drug-likeness (QED) is 0.427. The fourth-order valence-corrected chi connectivity index (χ4v) is 3.30. The van der Waals surface area contributed by atoms with Crippen LogP contribution in [0.1, 0.15) is 53.0 Å². The van der Waals surface area contributed by atoms with E-state index in [9.17, 15) is 27.9 Å². The SMILES string of the molecule is CC(O)c1ccc(Oc2cnc(CNC(=O)C3(NC(=O)c4cncnc4)CC3)cn2)c(C(F)(F)F)c1. The second-order valence-corrected chi connectivity index (χ2v) is 8.22. The van der Waals surface area contributed by atoms with Gasteiger partial charge in [0.1, 0.15) is 17.6 Å². The van der Waals surface area contributed by atoms with E-state index < -0.39 is 40.9 Å². The Morgan fingerprint density at radius 3 is 2.44 bits per heavy atom. The van der Waals surface area contributed by atoms with Gasteiger partial charge in [0, 0.05) is 12.4 Å². The van der Waals surface area contributed by atoms with Crippen molar-refractivity contribution in [1.29, 1.82) is 0 Å². The topological polar surface area (TPSA) is 139 Å². The minimum absolute atomic E-state index is 0.0188. The molecule has 1 fully saturated rings. The molecule has 188 valence electrons. The van der Waals surface area contributed by atoms with Gasteiger partial charge in [0.25, 0.3) is 5.91 Å². The van der Waals surface area contributed by atoms with E-state index in [0.717, 1.165) is 18.3 Å². The number of aromatic nitrogens is 4. The summed E-state index contributed by atoms with van der Waals surface area (Å²) in [5, 5.41) is 14.9. The summed E-state index contributed by atoms with van der Waals surface area (Å²) >= 11 is 0. The fourth-order valence-electron chi connectivity index (χ4n) is 3.30. The molecule has 1 atom stereocenters. The van der Waals surface area contributed by atoms with Gasteiger partial charge in [-0.05, 0) is 37.5 Å². The highest BCUT2D eigenvalue weighted by Crippen LogP contribution is 2.39. The van der Waals surface area contributed by atoms with Crippen molar-refractivity contribution in [3.05, 3.63) is 71.7 Å². The van der Waals surface area contributed by atoms with Crippen molar-refractivity contribution in [3.8, 4) is 11.6 Å². The second kappa shape index (κ2) is 9.85. The Hall–Kier alpha value is -4.13. The molecule has 1 aliphatic carbocycles. The summed E-state index contributed by atoms with van der Waals surface area (Å²) in [5.41, 5.74) is -1.44. The van der Waals surface area contributed by atoms with Crippen molar-refractivity contribution in [3.63, 3.8) is 0 Å². The van der Waals surface area contributed by atoms with Gasteiger partial charge in [-0.15, -0.1) is 0 Å². The van der Waals surface area contributed by atoms with Crippen LogP contribution in [0.5, 0.6) is 11.6 Å². The van der Waals surface area contributed by atoms with Gasteiger partial charge in [-0.2, -0.15) is 13.2 Å². The number of rotatable bonds is 8. The molecule has 1 unspecified atom stereocenters. The minimum atomic E-state index is -4.71. The lowest BCUT2D eigenvalue weighted by atomic mass is 10.1. The number of nitrogens with one attached hydrogen (secondary N) is 2. The van der Waals surface area contributed by atoms with Crippen LogP contribution < -0.4 is 15.4 Å². The predicted molar refractivity (Wildman–Crippen MR) is 117 cm³/mol. The molecule has 1 saturated carbocycles. The van der Waals surface area contributed by atoms with E-state index in [2.05, 4.69) is 30.6 Å². The number of aliphatic hydroxyl groups is 1. The first-order chi connectivity index (χ1) is 17.1. The van der Waals surface area contributed by atoms with E-state index in [1.807, 2.05) is 0 Å². The molecule has 4 rings (SSSR count). The highest BCUT2D eigenvalue weighted by molar-refractivity contribution is 6.00. The number of hydrogen-bond acceptors (Lipinski definition) is 8. The van der Waals surface area contributed by atoms with E-state index in [-0.39, 0.29) is 23.6 Å². The van der Waals surface area contributed by atoms with Crippen molar-refractivity contribution in [2.75, 3.05) is 0 Å². The fraction of sp³-hybridized carbons (Fsp3) is 0.304. The average Bonchev–Trinajstić information content (AvgIpc) is 3.64. The van der Waals surface area contributed by atoms with Gasteiger partial charge in [-0.3, -0.25) is 14.6 Å². The zero-order valence-electron chi connectivity index (χ0n) is 18.9. The van der Waals surface area contributed by atoms with E-state index in [1.165, 1.54) is 37.9 Å². The molecule has 36 heavy (non-hydrogen) atoms. The molecule has 0 saturated heterocycles. The average molecular weight is 502 g/mol. The zero-order valence-corrected chi connectivity index (χ0v) is 18.9. The summed E-state index contributed by atoms with van der Waals surface area (Å²) in [7, 11) is 0. The second-order valence-electron chi connectivity index (χ2n) is 8.22. The third kappa shape index (κ3) is 5.74. The third-order valence-corrected chi connectivity index (χ3v) is 5.48. The van der Waals surface area contributed by atoms with Crippen molar-refractivity contribution < 1.29 is 32.6 Å². The molecule has 2 aromatic heterocycles. The number of alkyl halides is 3. The van der Waals surface area contributed by atoms with Crippen LogP contribution in [0, 0.1) is 0 Å². The number of benzene rings is 1. The molecule has 0 bridgehead atoms. The van der Waals surface area contributed by atoms with E-state index in [1.54, 1.807) is 0 Å². The van der Waals surface area contributed by atoms with Gasteiger partial charge in [0.15, 0.2) is 0 Å². The van der Waals surface area contributed by atoms with Crippen LogP contribution in [0.4, 0.5) is 13.2 Å². The molecule has 1 aromatic carbocycles. The number of amides is 2. The Morgan fingerprint density at radius 2 is 1.86 bits per heavy atom. The van der Waals surface area contributed by atoms with E-state index in [0.29, 0.717) is 18.5 Å². The van der Waals surface area contributed by atoms with Crippen molar-refractivity contribution in [1.82, 2.24) is 30.6 Å². The Balaban J connectivity index is 1.36. The monoisotopic (exact) mass is 502 g/mol. The standard InChI is InChI=1S/C23H21F3N6O4/c1-13(33)14-2-3-18(17(6-14)23(24,25)26)36-19-11-29-16(9-30-19)10-31-21(35)22(4-5-22)32-20(34)15-7-27-12-28-8-15/h2-3,6-9,11-13,33H,4-5,10H2,1H3,(H,31,35)(H,32,34). The van der Waals surface area contributed by atoms with Crippen LogP contribution in [0.2, 0.25) is 0 Å². The van der Waals surface area contributed by atoms with Crippen LogP contribution in [-0.2, 0) is 17.5 Å². The van der Waals surface area contributed by atoms with Crippen LogP contribution in [0.15, 0.2) is 49.3 Å². The largest absolute Gasteiger partial charge is 0.437 e. The first-order valence-corrected chi connectivity index (χ1v) is 10.8. The van der Waals surface area contributed by atoms with Crippen LogP contribution in [0.3, 0.4) is 0 Å². The van der Waals surface area contributed by atoms with E-state index >= 15 is 0 Å². The minimum Gasteiger partial charge on any atom is -0.437 e. The Kier molecular flexibility index (Phi) is 6.84. The first-order valence-electron chi connectivity index (χ1n) is 10.8. The van der Waals surface area contributed by atoms with Crippen LogP contribution in [-0.4, -0.2) is 42.4 Å². The summed E-state index contributed by atoms with van der Waals surface area (Å²) in [6.45, 7) is 1.34. The van der Waals surface area contributed by atoms with Gasteiger partial charge < -0.3 is 20.5 Å². The lowest BCUT2D eigenvalue weighted by Crippen LogP contribution is -2.48. The van der Waals surface area contributed by atoms with Crippen molar-refractivity contribution >= 4 is 11.8 Å². The predicted octanol–water partition coefficient (Wildman–Crippen LogP) is 2.71. The third-order valence-electron chi connectivity index (χ3n) is 5.48. The van der Waals surface area contributed by atoms with Gasteiger partial charge in [-0.25, -0.2) is 15.0 Å². The normalized spacial score (nSPS) is 15.0. The highest BCUT2D eigenvalue weighted by atomic mass is 19.4. The maximum Gasteiger partial charge on any atom is 0.419 e. The smallest absolute Gasteiger partial charge is 0.419 e. The lowest BCUT2D eigenvalue weighted by molar-refractivity contribution is -0.138. The Bertz CT molecular complexity index is 1250. The Labute approximate surface area is 203 Å². The number of carbonyl (C=O) groups excluding carboxylic acids is 2. The summed E-state index contributed by atoms with van der Waals surface area (Å²) in [4.78, 5) is 40.5. The van der Waals surface area contributed by atoms with Gasteiger partial charge >= 0.3 is 6.18 Å². The zero-order chi connectivity index (χ0) is 25.9. The first kappa shape index (κ1) is 25.0.